The molecular formula is C22H17F2N3O3. The number of fused-ring (bicyclic) bond motifs is 1. The molecule has 1 aromatic heterocycles. The van der Waals surface area contributed by atoms with Crippen LogP contribution in [0.4, 0.5) is 14.5 Å². The van der Waals surface area contributed by atoms with Crippen LogP contribution in [0.5, 0.6) is 0 Å². The number of nitrogens with one attached hydrogen (secondary N) is 1. The van der Waals surface area contributed by atoms with Crippen molar-refractivity contribution >= 4 is 34.5 Å². The third-order valence-electron chi connectivity index (χ3n) is 4.23. The first-order valence-corrected chi connectivity index (χ1v) is 9.02. The molecule has 6 nitrogen and oxygen atoms in total. The molecular weight excluding hydrogens is 392 g/mol. The minimum atomic E-state index is -1.10. The summed E-state index contributed by atoms with van der Waals surface area (Å²) in [6.45, 7) is -0.0501. The van der Waals surface area contributed by atoms with Gasteiger partial charge in [-0.3, -0.25) is 4.79 Å². The molecule has 0 aliphatic carbocycles. The van der Waals surface area contributed by atoms with Crippen molar-refractivity contribution in [2.45, 2.75) is 13.0 Å². The Labute approximate surface area is 171 Å². The van der Waals surface area contributed by atoms with Crippen molar-refractivity contribution in [1.82, 2.24) is 4.57 Å². The number of para-hydroxylation sites is 1. The van der Waals surface area contributed by atoms with Gasteiger partial charge in [-0.15, -0.1) is 0 Å². The third-order valence-corrected chi connectivity index (χ3v) is 4.23. The Morgan fingerprint density at radius 1 is 1.17 bits per heavy atom. The highest BCUT2D eigenvalue weighted by Crippen LogP contribution is 2.23. The number of amides is 1. The number of hydrogen-bond donors (Lipinski definition) is 1. The van der Waals surface area contributed by atoms with E-state index in [0.717, 1.165) is 28.6 Å². The fourth-order valence-corrected chi connectivity index (χ4v) is 2.88. The molecule has 0 spiro atoms. The van der Waals surface area contributed by atoms with Crippen LogP contribution in [0.25, 0.3) is 17.0 Å². The number of aromatic nitrogens is 1. The van der Waals surface area contributed by atoms with E-state index < -0.39 is 30.1 Å². The van der Waals surface area contributed by atoms with E-state index in [1.807, 2.05) is 35.0 Å². The van der Waals surface area contributed by atoms with Gasteiger partial charge in [-0.05, 0) is 24.3 Å². The van der Waals surface area contributed by atoms with Crippen LogP contribution >= 0.6 is 0 Å². The molecule has 0 bridgehead atoms. The summed E-state index contributed by atoms with van der Waals surface area (Å²) in [7, 11) is 0. The zero-order chi connectivity index (χ0) is 21.5. The Morgan fingerprint density at radius 2 is 1.97 bits per heavy atom. The standard InChI is InChI=1S/C22H17F2N3O3/c23-18-8-7-16(12-19(18)24)26-21(28)14-30-22(29)9-6-15-13-27(11-3-10-25)20-5-2-1-4-17(15)20/h1-2,4-9,12-13H,3,11,14H2,(H,26,28)/b9-6+. The smallest absolute Gasteiger partial charge is 0.331 e. The molecule has 1 N–H and O–H groups in total. The third kappa shape index (κ3) is 5.08. The van der Waals surface area contributed by atoms with E-state index in [1.54, 1.807) is 6.08 Å². The molecule has 3 rings (SSSR count). The van der Waals surface area contributed by atoms with Crippen LogP contribution in [0.2, 0.25) is 0 Å². The number of carbonyl (C=O) groups is 2. The van der Waals surface area contributed by atoms with Gasteiger partial charge in [0.05, 0.1) is 12.5 Å². The summed E-state index contributed by atoms with van der Waals surface area (Å²) >= 11 is 0. The quantitative estimate of drug-likeness (QED) is 0.472. The number of carbonyl (C=O) groups excluding carboxylic acids is 2. The number of aryl methyl sites for hydroxylation is 1. The highest BCUT2D eigenvalue weighted by Gasteiger charge is 2.09. The van der Waals surface area contributed by atoms with Crippen molar-refractivity contribution in [1.29, 1.82) is 5.26 Å². The lowest BCUT2D eigenvalue weighted by molar-refractivity contribution is -0.142. The van der Waals surface area contributed by atoms with Crippen LogP contribution in [0, 0.1) is 23.0 Å². The monoisotopic (exact) mass is 409 g/mol. The average Bonchev–Trinajstić information content (AvgIpc) is 3.09. The maximum atomic E-state index is 13.1. The van der Waals surface area contributed by atoms with Crippen molar-refractivity contribution in [2.75, 3.05) is 11.9 Å². The van der Waals surface area contributed by atoms with Crippen LogP contribution in [0.1, 0.15) is 12.0 Å². The van der Waals surface area contributed by atoms with Gasteiger partial charge in [0, 0.05) is 47.0 Å². The summed E-state index contributed by atoms with van der Waals surface area (Å²) in [4.78, 5) is 23.7. The molecule has 30 heavy (non-hydrogen) atoms. The number of benzene rings is 2. The average molecular weight is 409 g/mol. The molecule has 0 aliphatic heterocycles. The van der Waals surface area contributed by atoms with E-state index in [-0.39, 0.29) is 5.69 Å². The van der Waals surface area contributed by atoms with Gasteiger partial charge in [0.25, 0.3) is 5.91 Å². The van der Waals surface area contributed by atoms with Crippen LogP contribution in [0.3, 0.4) is 0 Å². The van der Waals surface area contributed by atoms with E-state index >= 15 is 0 Å². The number of nitriles is 1. The molecule has 2 aromatic carbocycles. The van der Waals surface area contributed by atoms with E-state index in [9.17, 15) is 18.4 Å². The summed E-state index contributed by atoms with van der Waals surface area (Å²) in [5.41, 5.74) is 1.76. The Morgan fingerprint density at radius 3 is 2.73 bits per heavy atom. The van der Waals surface area contributed by atoms with Gasteiger partial charge in [-0.25, -0.2) is 13.6 Å². The highest BCUT2D eigenvalue weighted by molar-refractivity contribution is 5.96. The first-order valence-electron chi connectivity index (χ1n) is 9.02. The molecule has 0 radical (unpaired) electrons. The Hall–Kier alpha value is -3.99. The summed E-state index contributed by atoms with van der Waals surface area (Å²) in [5.74, 6) is -3.54. The molecule has 0 saturated heterocycles. The van der Waals surface area contributed by atoms with E-state index in [2.05, 4.69) is 11.4 Å². The molecule has 0 saturated carbocycles. The van der Waals surface area contributed by atoms with Crippen molar-refractivity contribution < 1.29 is 23.1 Å². The molecule has 1 amide bonds. The van der Waals surface area contributed by atoms with Gasteiger partial charge in [0.2, 0.25) is 0 Å². The minimum Gasteiger partial charge on any atom is -0.452 e. The summed E-state index contributed by atoms with van der Waals surface area (Å²) in [6.07, 6.45) is 4.96. The van der Waals surface area contributed by atoms with E-state index in [1.165, 1.54) is 12.1 Å². The number of rotatable bonds is 7. The predicted octanol–water partition coefficient (Wildman–Crippen LogP) is 4.03. The Balaban J connectivity index is 1.60. The number of ether oxygens (including phenoxy) is 1. The van der Waals surface area contributed by atoms with Crippen LogP contribution in [0.15, 0.2) is 54.7 Å². The summed E-state index contributed by atoms with van der Waals surface area (Å²) < 4.78 is 32.9. The first kappa shape index (κ1) is 20.7. The lowest BCUT2D eigenvalue weighted by atomic mass is 10.1. The number of anilines is 1. The highest BCUT2D eigenvalue weighted by atomic mass is 19.2. The second kappa shape index (κ2) is 9.47. The topological polar surface area (TPSA) is 84.1 Å². The zero-order valence-electron chi connectivity index (χ0n) is 15.8. The maximum absolute atomic E-state index is 13.1. The summed E-state index contributed by atoms with van der Waals surface area (Å²) in [5, 5.41) is 12.0. The maximum Gasteiger partial charge on any atom is 0.331 e. The second-order valence-corrected chi connectivity index (χ2v) is 6.32. The van der Waals surface area contributed by atoms with Crippen molar-refractivity contribution in [3.8, 4) is 6.07 Å². The molecule has 152 valence electrons. The lowest BCUT2D eigenvalue weighted by Crippen LogP contribution is -2.20. The molecule has 0 atom stereocenters. The van der Waals surface area contributed by atoms with Gasteiger partial charge >= 0.3 is 5.97 Å². The largest absolute Gasteiger partial charge is 0.452 e. The molecule has 0 fully saturated rings. The molecule has 8 heteroatoms. The minimum absolute atomic E-state index is 0.0515. The van der Waals surface area contributed by atoms with Crippen molar-refractivity contribution in [2.24, 2.45) is 0 Å². The first-order chi connectivity index (χ1) is 14.5. The van der Waals surface area contributed by atoms with Crippen LogP contribution in [-0.2, 0) is 20.9 Å². The number of hydrogen-bond acceptors (Lipinski definition) is 4. The Bertz CT molecular complexity index is 1160. The van der Waals surface area contributed by atoms with Gasteiger partial charge in [-0.1, -0.05) is 18.2 Å². The van der Waals surface area contributed by atoms with E-state index in [4.69, 9.17) is 10.00 Å². The van der Waals surface area contributed by atoms with Gasteiger partial charge in [0.15, 0.2) is 18.2 Å². The number of nitrogens with zero attached hydrogens (tertiary/aromatic N) is 2. The SMILES string of the molecule is N#CCCn1cc(/C=C/C(=O)OCC(=O)Nc2ccc(F)c(F)c2)c2ccccc21. The van der Waals surface area contributed by atoms with Crippen molar-refractivity contribution in [3.63, 3.8) is 0 Å². The molecule has 0 unspecified atom stereocenters. The molecule has 1 heterocycles. The second-order valence-electron chi connectivity index (χ2n) is 6.32. The fraction of sp³-hybridized carbons (Fsp3) is 0.136. The molecule has 3 aromatic rings. The molecule has 0 aliphatic rings. The predicted molar refractivity (Wildman–Crippen MR) is 107 cm³/mol. The number of halogens is 2. The summed E-state index contributed by atoms with van der Waals surface area (Å²) in [6, 6.07) is 12.6. The van der Waals surface area contributed by atoms with Gasteiger partial charge < -0.3 is 14.6 Å². The van der Waals surface area contributed by atoms with Gasteiger partial charge in [-0.2, -0.15) is 5.26 Å². The normalized spacial score (nSPS) is 10.8. The Kier molecular flexibility index (Phi) is 6.55. The van der Waals surface area contributed by atoms with Crippen molar-refractivity contribution in [3.05, 3.63) is 71.9 Å². The van der Waals surface area contributed by atoms with E-state index in [0.29, 0.717) is 13.0 Å². The number of esters is 1. The lowest BCUT2D eigenvalue weighted by Gasteiger charge is -2.05. The van der Waals surface area contributed by atoms with Gasteiger partial charge in [0.1, 0.15) is 0 Å². The fourth-order valence-electron chi connectivity index (χ4n) is 2.88. The van der Waals surface area contributed by atoms with Crippen LogP contribution in [-0.4, -0.2) is 23.1 Å². The van der Waals surface area contributed by atoms with Crippen LogP contribution < -0.4 is 5.32 Å². The zero-order valence-corrected chi connectivity index (χ0v) is 15.8.